The Morgan fingerprint density at radius 3 is 2.58 bits per heavy atom. The first kappa shape index (κ1) is 17.1. The van der Waals surface area contributed by atoms with Crippen molar-refractivity contribution in [2.45, 2.75) is 58.4 Å². The first-order chi connectivity index (χ1) is 11.5. The van der Waals surface area contributed by atoms with E-state index in [1.54, 1.807) is 0 Å². The standard InChI is InChI=1S/C19H27NO4/c1-12-8-9-20(16(10-12)17-7-6-13(2)24-17)18(21)14-4-3-5-15(11-14)19(22)23/h6-7,12,14-16H,3-5,8-11H2,1-2H3,(H,22,23). The van der Waals surface area contributed by atoms with Crippen molar-refractivity contribution in [3.8, 4) is 0 Å². The summed E-state index contributed by atoms with van der Waals surface area (Å²) in [4.78, 5) is 26.4. The number of rotatable bonds is 3. The van der Waals surface area contributed by atoms with Gasteiger partial charge < -0.3 is 14.4 Å². The van der Waals surface area contributed by atoms with Gasteiger partial charge in [-0.3, -0.25) is 9.59 Å². The minimum Gasteiger partial charge on any atom is -0.481 e. The van der Waals surface area contributed by atoms with Gasteiger partial charge in [0.2, 0.25) is 5.91 Å². The number of carbonyl (C=O) groups excluding carboxylic acids is 1. The van der Waals surface area contributed by atoms with Crippen LogP contribution in [0.3, 0.4) is 0 Å². The number of carboxylic acid groups (broad SMARTS) is 1. The Balaban J connectivity index is 1.77. The largest absolute Gasteiger partial charge is 0.481 e. The van der Waals surface area contributed by atoms with E-state index < -0.39 is 5.97 Å². The van der Waals surface area contributed by atoms with Gasteiger partial charge in [-0.2, -0.15) is 0 Å². The fourth-order valence-corrected chi connectivity index (χ4v) is 4.18. The van der Waals surface area contributed by atoms with Crippen LogP contribution in [0, 0.1) is 24.7 Å². The Hall–Kier alpha value is -1.78. The predicted octanol–water partition coefficient (Wildman–Crippen LogP) is 3.78. The Morgan fingerprint density at radius 2 is 1.92 bits per heavy atom. The first-order valence-electron chi connectivity index (χ1n) is 9.05. The van der Waals surface area contributed by atoms with Gasteiger partial charge in [0.15, 0.2) is 0 Å². The fourth-order valence-electron chi connectivity index (χ4n) is 4.18. The van der Waals surface area contributed by atoms with Crippen LogP contribution in [-0.2, 0) is 9.59 Å². The number of hydrogen-bond acceptors (Lipinski definition) is 3. The van der Waals surface area contributed by atoms with E-state index in [4.69, 9.17) is 4.42 Å². The van der Waals surface area contributed by atoms with E-state index in [-0.39, 0.29) is 23.8 Å². The number of amides is 1. The molecule has 5 nitrogen and oxygen atoms in total. The molecule has 0 radical (unpaired) electrons. The summed E-state index contributed by atoms with van der Waals surface area (Å²) in [6.45, 7) is 4.87. The smallest absolute Gasteiger partial charge is 0.306 e. The quantitative estimate of drug-likeness (QED) is 0.914. The number of hydrogen-bond donors (Lipinski definition) is 1. The van der Waals surface area contributed by atoms with Gasteiger partial charge in [0.05, 0.1) is 12.0 Å². The Labute approximate surface area is 143 Å². The van der Waals surface area contributed by atoms with Crippen LogP contribution in [0.4, 0.5) is 0 Å². The number of furan rings is 1. The highest BCUT2D eigenvalue weighted by Crippen LogP contribution is 2.38. The maximum Gasteiger partial charge on any atom is 0.306 e. The lowest BCUT2D eigenvalue weighted by Gasteiger charge is -2.40. The highest BCUT2D eigenvalue weighted by Gasteiger charge is 2.38. The molecule has 1 saturated carbocycles. The van der Waals surface area contributed by atoms with E-state index >= 15 is 0 Å². The van der Waals surface area contributed by atoms with Crippen LogP contribution in [0.25, 0.3) is 0 Å². The summed E-state index contributed by atoms with van der Waals surface area (Å²) in [5.74, 6) is 1.09. The van der Waals surface area contributed by atoms with E-state index in [0.717, 1.165) is 43.7 Å². The maximum atomic E-state index is 13.1. The van der Waals surface area contributed by atoms with Gasteiger partial charge in [0.25, 0.3) is 0 Å². The van der Waals surface area contributed by atoms with Crippen molar-refractivity contribution in [3.05, 3.63) is 23.7 Å². The van der Waals surface area contributed by atoms with Gasteiger partial charge in [-0.15, -0.1) is 0 Å². The van der Waals surface area contributed by atoms with E-state index in [9.17, 15) is 14.7 Å². The van der Waals surface area contributed by atoms with Crippen molar-refractivity contribution in [2.24, 2.45) is 17.8 Å². The van der Waals surface area contributed by atoms with Crippen molar-refractivity contribution in [1.29, 1.82) is 0 Å². The minimum absolute atomic E-state index is 0.0137. The SMILES string of the molecule is Cc1ccc(C2CC(C)CCN2C(=O)C2CCCC(C(=O)O)C2)o1. The van der Waals surface area contributed by atoms with E-state index in [1.165, 1.54) is 0 Å². The molecule has 0 spiro atoms. The van der Waals surface area contributed by atoms with E-state index in [0.29, 0.717) is 18.8 Å². The molecule has 1 aliphatic heterocycles. The normalized spacial score (nSPS) is 31.0. The predicted molar refractivity (Wildman–Crippen MR) is 89.4 cm³/mol. The molecule has 132 valence electrons. The monoisotopic (exact) mass is 333 g/mol. The maximum absolute atomic E-state index is 13.1. The van der Waals surface area contributed by atoms with Crippen molar-refractivity contribution in [1.82, 2.24) is 4.90 Å². The second-order valence-corrected chi connectivity index (χ2v) is 7.52. The number of likely N-dealkylation sites (tertiary alicyclic amines) is 1. The molecule has 5 heteroatoms. The summed E-state index contributed by atoms with van der Waals surface area (Å²) in [6.07, 6.45) is 4.70. The highest BCUT2D eigenvalue weighted by atomic mass is 16.4. The van der Waals surface area contributed by atoms with Gasteiger partial charge in [0.1, 0.15) is 11.5 Å². The van der Waals surface area contributed by atoms with Gasteiger partial charge in [-0.05, 0) is 57.1 Å². The van der Waals surface area contributed by atoms with Gasteiger partial charge >= 0.3 is 5.97 Å². The summed E-state index contributed by atoms with van der Waals surface area (Å²) in [5, 5.41) is 9.28. The zero-order chi connectivity index (χ0) is 17.3. The van der Waals surface area contributed by atoms with Crippen LogP contribution in [0.2, 0.25) is 0 Å². The molecule has 1 aromatic heterocycles. The molecule has 3 rings (SSSR count). The van der Waals surface area contributed by atoms with Crippen molar-refractivity contribution in [3.63, 3.8) is 0 Å². The topological polar surface area (TPSA) is 70.8 Å². The summed E-state index contributed by atoms with van der Waals surface area (Å²) in [7, 11) is 0. The molecule has 4 unspecified atom stereocenters. The van der Waals surface area contributed by atoms with Crippen LogP contribution in [-0.4, -0.2) is 28.4 Å². The molecule has 1 amide bonds. The second-order valence-electron chi connectivity index (χ2n) is 7.52. The number of carboxylic acids is 1. The summed E-state index contributed by atoms with van der Waals surface area (Å²) in [5.41, 5.74) is 0. The zero-order valence-electron chi connectivity index (χ0n) is 14.5. The number of piperidine rings is 1. The fraction of sp³-hybridized carbons (Fsp3) is 0.684. The molecule has 2 heterocycles. The van der Waals surface area contributed by atoms with Crippen LogP contribution >= 0.6 is 0 Å². The van der Waals surface area contributed by atoms with Gasteiger partial charge in [0, 0.05) is 12.5 Å². The van der Waals surface area contributed by atoms with Crippen LogP contribution in [0.5, 0.6) is 0 Å². The Bertz CT molecular complexity index is 608. The molecule has 2 fully saturated rings. The minimum atomic E-state index is -0.766. The first-order valence-corrected chi connectivity index (χ1v) is 9.05. The third-order valence-electron chi connectivity index (χ3n) is 5.61. The third-order valence-corrected chi connectivity index (χ3v) is 5.61. The molecule has 24 heavy (non-hydrogen) atoms. The Morgan fingerprint density at radius 1 is 1.17 bits per heavy atom. The molecule has 1 aliphatic carbocycles. The average molecular weight is 333 g/mol. The molecule has 1 N–H and O–H groups in total. The van der Waals surface area contributed by atoms with Gasteiger partial charge in [-0.1, -0.05) is 13.3 Å². The summed E-state index contributed by atoms with van der Waals surface area (Å²) < 4.78 is 5.81. The van der Waals surface area contributed by atoms with Crippen molar-refractivity contribution < 1.29 is 19.1 Å². The number of carbonyl (C=O) groups is 2. The number of aryl methyl sites for hydroxylation is 1. The van der Waals surface area contributed by atoms with E-state index in [2.05, 4.69) is 6.92 Å². The lowest BCUT2D eigenvalue weighted by Crippen LogP contribution is -2.44. The number of nitrogens with zero attached hydrogens (tertiary/aromatic N) is 1. The van der Waals surface area contributed by atoms with Crippen molar-refractivity contribution >= 4 is 11.9 Å². The lowest BCUT2D eigenvalue weighted by atomic mass is 9.79. The summed E-state index contributed by atoms with van der Waals surface area (Å²) in [6, 6.07) is 3.90. The molecule has 2 aliphatic rings. The zero-order valence-corrected chi connectivity index (χ0v) is 14.5. The molecule has 1 saturated heterocycles. The molecule has 0 bridgehead atoms. The van der Waals surface area contributed by atoms with Crippen LogP contribution in [0.1, 0.15) is 63.0 Å². The second kappa shape index (κ2) is 6.99. The number of aliphatic carboxylic acids is 1. The molecule has 0 aromatic carbocycles. The third kappa shape index (κ3) is 3.50. The summed E-state index contributed by atoms with van der Waals surface area (Å²) >= 11 is 0. The van der Waals surface area contributed by atoms with Crippen LogP contribution in [0.15, 0.2) is 16.5 Å². The molecule has 1 aromatic rings. The Kier molecular flexibility index (Phi) is 4.97. The van der Waals surface area contributed by atoms with Gasteiger partial charge in [-0.25, -0.2) is 0 Å². The van der Waals surface area contributed by atoms with Crippen LogP contribution < -0.4 is 0 Å². The lowest BCUT2D eigenvalue weighted by molar-refractivity contribution is -0.147. The molecular formula is C19H27NO4. The van der Waals surface area contributed by atoms with Crippen molar-refractivity contribution in [2.75, 3.05) is 6.54 Å². The average Bonchev–Trinajstić information content (AvgIpc) is 3.00. The molecule has 4 atom stereocenters. The highest BCUT2D eigenvalue weighted by molar-refractivity contribution is 5.80. The van der Waals surface area contributed by atoms with E-state index in [1.807, 2.05) is 24.0 Å². The molecular weight excluding hydrogens is 306 g/mol.